The lowest BCUT2D eigenvalue weighted by Gasteiger charge is -2.04. The fourth-order valence-electron chi connectivity index (χ4n) is 2.53. The van der Waals surface area contributed by atoms with Gasteiger partial charge in [0, 0.05) is 23.9 Å². The normalized spacial score (nSPS) is 11.0. The van der Waals surface area contributed by atoms with Crippen LogP contribution in [0.4, 0.5) is 0 Å². The van der Waals surface area contributed by atoms with Crippen molar-refractivity contribution in [3.8, 4) is 23.2 Å². The summed E-state index contributed by atoms with van der Waals surface area (Å²) in [5.41, 5.74) is 3.24. The Morgan fingerprint density at radius 3 is 2.73 bits per heavy atom. The quantitative estimate of drug-likeness (QED) is 0.554. The molecule has 0 aliphatic rings. The van der Waals surface area contributed by atoms with Crippen LogP contribution in [-0.4, -0.2) is 32.3 Å². The van der Waals surface area contributed by atoms with Gasteiger partial charge in [-0.15, -0.1) is 0 Å². The van der Waals surface area contributed by atoms with Crippen molar-refractivity contribution in [3.63, 3.8) is 0 Å². The predicted molar refractivity (Wildman–Crippen MR) is 102 cm³/mol. The van der Waals surface area contributed by atoms with Gasteiger partial charge < -0.3 is 9.30 Å². The summed E-state index contributed by atoms with van der Waals surface area (Å²) >= 11 is 5.29. The van der Waals surface area contributed by atoms with Gasteiger partial charge in [0.15, 0.2) is 5.82 Å². The third-order valence-corrected chi connectivity index (χ3v) is 4.34. The van der Waals surface area contributed by atoms with E-state index in [1.165, 1.54) is 0 Å². The van der Waals surface area contributed by atoms with Gasteiger partial charge in [-0.25, -0.2) is 5.10 Å². The van der Waals surface area contributed by atoms with Gasteiger partial charge in [-0.1, -0.05) is 0 Å². The van der Waals surface area contributed by atoms with Crippen LogP contribution in [0.5, 0.6) is 5.75 Å². The molecule has 0 radical (unpaired) electrons. The summed E-state index contributed by atoms with van der Waals surface area (Å²) in [7, 11) is 1.85. The van der Waals surface area contributed by atoms with E-state index >= 15 is 0 Å². The first kappa shape index (κ1) is 17.6. The Bertz CT molecular complexity index is 1050. The lowest BCUT2D eigenvalue weighted by Crippen LogP contribution is -1.97. The molecule has 0 bridgehead atoms. The third kappa shape index (κ3) is 3.30. The van der Waals surface area contributed by atoms with Crippen LogP contribution in [0.2, 0.25) is 0 Å². The Labute approximate surface area is 156 Å². The molecule has 3 rings (SSSR count). The second-order valence-corrected chi connectivity index (χ2v) is 5.99. The van der Waals surface area contributed by atoms with Gasteiger partial charge in [-0.3, -0.25) is 0 Å². The molecule has 2 heterocycles. The predicted octanol–water partition coefficient (Wildman–Crippen LogP) is 3.41. The van der Waals surface area contributed by atoms with Crippen LogP contribution < -0.4 is 4.74 Å². The fourth-order valence-corrected chi connectivity index (χ4v) is 2.71. The Morgan fingerprint density at radius 1 is 1.38 bits per heavy atom. The number of nitrogens with zero attached hydrogens (tertiary/aromatic N) is 5. The molecule has 0 saturated heterocycles. The Balaban J connectivity index is 1.96. The number of aromatic nitrogens is 4. The van der Waals surface area contributed by atoms with E-state index in [-0.39, 0.29) is 0 Å². The highest BCUT2D eigenvalue weighted by atomic mass is 32.1. The molecule has 0 saturated carbocycles. The minimum Gasteiger partial charge on any atom is -0.494 e. The zero-order chi connectivity index (χ0) is 18.7. The van der Waals surface area contributed by atoms with Gasteiger partial charge >= 0.3 is 0 Å². The molecule has 0 aliphatic carbocycles. The summed E-state index contributed by atoms with van der Waals surface area (Å²) in [5.74, 6) is 1.40. The van der Waals surface area contributed by atoms with Crippen molar-refractivity contribution in [2.45, 2.75) is 13.8 Å². The monoisotopic (exact) mass is 366 g/mol. The number of nitriles is 1. The number of aromatic amines is 1. The maximum absolute atomic E-state index is 9.14. The fraction of sp³-hybridized carbons (Fsp3) is 0.222. The second-order valence-electron chi connectivity index (χ2n) is 5.61. The van der Waals surface area contributed by atoms with Crippen LogP contribution in [0.3, 0.4) is 0 Å². The van der Waals surface area contributed by atoms with Crippen LogP contribution in [0.15, 0.2) is 35.4 Å². The molecule has 0 fully saturated rings. The first-order valence-corrected chi connectivity index (χ1v) is 8.47. The van der Waals surface area contributed by atoms with Gasteiger partial charge in [-0.2, -0.15) is 20.1 Å². The second kappa shape index (κ2) is 7.37. The molecule has 0 atom stereocenters. The van der Waals surface area contributed by atoms with E-state index < -0.39 is 0 Å². The third-order valence-electron chi connectivity index (χ3n) is 4.08. The standard InChI is InChI=1S/C18H18N6OS/c1-4-25-16-7-5-13(6-8-16)17-21-22-18(26)24(17)20-11-14-9-15(10-19)23(3)12(14)2/h5-9,11H,4H2,1-3H3,(H,22,26)/b20-11-. The number of ether oxygens (including phenoxy) is 1. The highest BCUT2D eigenvalue weighted by molar-refractivity contribution is 7.71. The summed E-state index contributed by atoms with van der Waals surface area (Å²) in [5, 5.41) is 20.6. The minimum absolute atomic E-state index is 0.388. The molecule has 26 heavy (non-hydrogen) atoms. The highest BCUT2D eigenvalue weighted by Gasteiger charge is 2.10. The molecule has 0 amide bonds. The summed E-state index contributed by atoms with van der Waals surface area (Å²) in [6, 6.07) is 11.5. The van der Waals surface area contributed by atoms with E-state index in [1.807, 2.05) is 49.7 Å². The Hall–Kier alpha value is -3.18. The van der Waals surface area contributed by atoms with E-state index in [1.54, 1.807) is 17.0 Å². The number of hydrogen-bond acceptors (Lipinski definition) is 5. The maximum Gasteiger partial charge on any atom is 0.216 e. The lowest BCUT2D eigenvalue weighted by atomic mass is 10.2. The van der Waals surface area contributed by atoms with Crippen LogP contribution in [0.1, 0.15) is 23.9 Å². The minimum atomic E-state index is 0.388. The zero-order valence-electron chi connectivity index (χ0n) is 14.7. The van der Waals surface area contributed by atoms with Gasteiger partial charge in [-0.05, 0) is 56.4 Å². The molecule has 1 N–H and O–H groups in total. The number of rotatable bonds is 5. The summed E-state index contributed by atoms with van der Waals surface area (Å²) in [6.07, 6.45) is 1.68. The molecule has 0 unspecified atom stereocenters. The molecular formula is C18H18N6OS. The van der Waals surface area contributed by atoms with Crippen molar-refractivity contribution in [1.82, 2.24) is 19.4 Å². The molecule has 132 valence electrons. The van der Waals surface area contributed by atoms with Crippen molar-refractivity contribution in [3.05, 3.63) is 52.1 Å². The molecular weight excluding hydrogens is 348 g/mol. The first-order valence-electron chi connectivity index (χ1n) is 8.06. The Kier molecular flexibility index (Phi) is 5.00. The van der Waals surface area contributed by atoms with Crippen LogP contribution in [0, 0.1) is 23.0 Å². The smallest absolute Gasteiger partial charge is 0.216 e. The number of benzene rings is 1. The topological polar surface area (TPSA) is 83.9 Å². The lowest BCUT2D eigenvalue weighted by molar-refractivity contribution is 0.340. The molecule has 8 heteroatoms. The molecule has 2 aromatic heterocycles. The highest BCUT2D eigenvalue weighted by Crippen LogP contribution is 2.21. The van der Waals surface area contributed by atoms with Crippen molar-refractivity contribution in [2.24, 2.45) is 12.1 Å². The van der Waals surface area contributed by atoms with Crippen LogP contribution >= 0.6 is 12.2 Å². The maximum atomic E-state index is 9.14. The summed E-state index contributed by atoms with van der Waals surface area (Å²) in [6.45, 7) is 4.49. The molecule has 0 aliphatic heterocycles. The van der Waals surface area contributed by atoms with Gasteiger partial charge in [0.05, 0.1) is 12.8 Å². The largest absolute Gasteiger partial charge is 0.494 e. The molecule has 1 aromatic carbocycles. The van der Waals surface area contributed by atoms with Crippen molar-refractivity contribution < 1.29 is 4.74 Å². The van der Waals surface area contributed by atoms with E-state index in [2.05, 4.69) is 21.4 Å². The number of hydrogen-bond donors (Lipinski definition) is 1. The van der Waals surface area contributed by atoms with Gasteiger partial charge in [0.1, 0.15) is 17.5 Å². The van der Waals surface area contributed by atoms with Gasteiger partial charge in [0.2, 0.25) is 4.77 Å². The molecule has 3 aromatic rings. The molecule has 7 nitrogen and oxygen atoms in total. The van der Waals surface area contributed by atoms with E-state index in [0.29, 0.717) is 22.9 Å². The van der Waals surface area contributed by atoms with Crippen molar-refractivity contribution in [2.75, 3.05) is 6.61 Å². The van der Waals surface area contributed by atoms with Gasteiger partial charge in [0.25, 0.3) is 0 Å². The average molecular weight is 366 g/mol. The van der Waals surface area contributed by atoms with E-state index in [4.69, 9.17) is 22.2 Å². The van der Waals surface area contributed by atoms with Crippen LogP contribution in [0.25, 0.3) is 11.4 Å². The zero-order valence-corrected chi connectivity index (χ0v) is 15.5. The Morgan fingerprint density at radius 2 is 2.12 bits per heavy atom. The van der Waals surface area contributed by atoms with Crippen molar-refractivity contribution >= 4 is 18.4 Å². The van der Waals surface area contributed by atoms with Crippen molar-refractivity contribution in [1.29, 1.82) is 5.26 Å². The number of nitrogens with one attached hydrogen (secondary N) is 1. The summed E-state index contributed by atoms with van der Waals surface area (Å²) < 4.78 is 9.23. The van der Waals surface area contributed by atoms with Crippen LogP contribution in [-0.2, 0) is 7.05 Å². The summed E-state index contributed by atoms with van der Waals surface area (Å²) in [4.78, 5) is 0. The number of H-pyrrole nitrogens is 1. The van der Waals surface area contributed by atoms with E-state index in [0.717, 1.165) is 22.6 Å². The molecule has 0 spiro atoms. The SMILES string of the molecule is CCOc1ccc(-c2n[nH]c(=S)n2/N=C\c2cc(C#N)n(C)c2C)cc1. The average Bonchev–Trinajstić information content (AvgIpc) is 3.15. The first-order chi connectivity index (χ1) is 12.5. The van der Waals surface area contributed by atoms with E-state index in [9.17, 15) is 0 Å².